The number of hydrogen-bond donors (Lipinski definition) is 2. The topological polar surface area (TPSA) is 79.3 Å². The summed E-state index contributed by atoms with van der Waals surface area (Å²) in [5.74, 6) is -0.633. The maximum Gasteiger partial charge on any atom is 0.572 e. The molecule has 118 valence electrons. The Kier molecular flexibility index (Phi) is 5.52. The molecule has 3 N–H and O–H groups in total. The summed E-state index contributed by atoms with van der Waals surface area (Å²) in [4.78, 5) is -0.142. The molecule has 0 aliphatic heterocycles. The highest BCUT2D eigenvalue weighted by Crippen LogP contribution is 2.37. The second kappa shape index (κ2) is 6.77. The maximum atomic E-state index is 12.4. The van der Waals surface area contributed by atoms with Gasteiger partial charge >= 0.3 is 6.36 Å². The van der Waals surface area contributed by atoms with E-state index in [0.29, 0.717) is 5.57 Å². The molecule has 8 heteroatoms. The minimum Gasteiger partial charge on any atom is -0.407 e. The van der Waals surface area contributed by atoms with E-state index in [1.54, 1.807) is 6.07 Å². The summed E-state index contributed by atoms with van der Waals surface area (Å²) in [5, 5.41) is 19.3. The van der Waals surface area contributed by atoms with Crippen LogP contribution in [0.1, 0.15) is 12.8 Å². The SMILES string of the molecule is C=CCC1(O)CC(C=C(C#N)C(N)=S)=CC=C1OC(F)(F)F. The number of thiocarbonyl (C=S) groups is 1. The zero-order chi connectivity index (χ0) is 17.0. The van der Waals surface area contributed by atoms with Crippen LogP contribution < -0.4 is 5.73 Å². The molecule has 0 saturated heterocycles. The third kappa shape index (κ3) is 4.72. The van der Waals surface area contributed by atoms with E-state index >= 15 is 0 Å². The Labute approximate surface area is 130 Å². The quantitative estimate of drug-likeness (QED) is 0.351. The van der Waals surface area contributed by atoms with Crippen LogP contribution in [0.4, 0.5) is 13.2 Å². The summed E-state index contributed by atoms with van der Waals surface area (Å²) < 4.78 is 41.0. The largest absolute Gasteiger partial charge is 0.572 e. The Morgan fingerprint density at radius 1 is 1.59 bits per heavy atom. The minimum atomic E-state index is -4.92. The lowest BCUT2D eigenvalue weighted by molar-refractivity contribution is -0.314. The summed E-state index contributed by atoms with van der Waals surface area (Å²) in [6.07, 6.45) is -0.381. The van der Waals surface area contributed by atoms with Crippen LogP contribution >= 0.6 is 12.2 Å². The molecule has 0 saturated carbocycles. The van der Waals surface area contributed by atoms with Gasteiger partial charge in [0.1, 0.15) is 22.4 Å². The molecule has 1 unspecified atom stereocenters. The predicted molar refractivity (Wildman–Crippen MR) is 78.2 cm³/mol. The fourth-order valence-corrected chi connectivity index (χ4v) is 2.03. The first-order valence-electron chi connectivity index (χ1n) is 6.03. The van der Waals surface area contributed by atoms with Crippen molar-refractivity contribution in [3.63, 3.8) is 0 Å². The molecule has 0 amide bonds. The van der Waals surface area contributed by atoms with E-state index in [9.17, 15) is 18.3 Å². The second-order valence-electron chi connectivity index (χ2n) is 4.56. The molecule has 0 heterocycles. The van der Waals surface area contributed by atoms with Crippen LogP contribution in [-0.2, 0) is 4.74 Å². The average Bonchev–Trinajstić information content (AvgIpc) is 2.37. The van der Waals surface area contributed by atoms with E-state index in [1.807, 2.05) is 0 Å². The van der Waals surface area contributed by atoms with Gasteiger partial charge in [0.25, 0.3) is 0 Å². The lowest BCUT2D eigenvalue weighted by Gasteiger charge is -2.32. The Hall–Kier alpha value is -2.11. The molecule has 0 radical (unpaired) electrons. The zero-order valence-corrected chi connectivity index (χ0v) is 12.2. The number of nitrogens with zero attached hydrogens (tertiary/aromatic N) is 1. The number of rotatable bonds is 5. The molecule has 0 aromatic rings. The molecule has 0 fully saturated rings. The molecule has 1 atom stereocenters. The van der Waals surface area contributed by atoms with Gasteiger partial charge < -0.3 is 15.6 Å². The van der Waals surface area contributed by atoms with Crippen LogP contribution in [0.5, 0.6) is 0 Å². The van der Waals surface area contributed by atoms with E-state index in [1.165, 1.54) is 18.2 Å². The molecule has 1 aliphatic rings. The van der Waals surface area contributed by atoms with Crippen LogP contribution in [0.2, 0.25) is 0 Å². The van der Waals surface area contributed by atoms with Gasteiger partial charge in [-0.15, -0.1) is 19.8 Å². The number of nitriles is 1. The summed E-state index contributed by atoms with van der Waals surface area (Å²) in [6.45, 7) is 3.41. The molecule has 4 nitrogen and oxygen atoms in total. The molecule has 22 heavy (non-hydrogen) atoms. The van der Waals surface area contributed by atoms with Crippen LogP contribution in [0.3, 0.4) is 0 Å². The molecule has 1 rings (SSSR count). The highest BCUT2D eigenvalue weighted by atomic mass is 32.1. The van der Waals surface area contributed by atoms with E-state index < -0.39 is 17.7 Å². The van der Waals surface area contributed by atoms with Crippen molar-refractivity contribution in [2.75, 3.05) is 0 Å². The first-order valence-corrected chi connectivity index (χ1v) is 6.44. The summed E-state index contributed by atoms with van der Waals surface area (Å²) in [5.41, 5.74) is 3.83. The van der Waals surface area contributed by atoms with Gasteiger partial charge in [0.2, 0.25) is 0 Å². The fraction of sp³-hybridized carbons (Fsp3) is 0.286. The van der Waals surface area contributed by atoms with Gasteiger partial charge in [-0.1, -0.05) is 24.4 Å². The number of allylic oxidation sites excluding steroid dienone is 3. The minimum absolute atomic E-state index is 0.00390. The smallest absolute Gasteiger partial charge is 0.407 e. The van der Waals surface area contributed by atoms with Crippen molar-refractivity contribution < 1.29 is 23.0 Å². The molecule has 0 bridgehead atoms. The van der Waals surface area contributed by atoms with Gasteiger partial charge in [0.05, 0.1) is 5.57 Å². The van der Waals surface area contributed by atoms with Crippen molar-refractivity contribution in [2.45, 2.75) is 24.8 Å². The van der Waals surface area contributed by atoms with Crippen LogP contribution in [0.15, 0.2) is 47.8 Å². The Morgan fingerprint density at radius 2 is 2.23 bits per heavy atom. The fourth-order valence-electron chi connectivity index (χ4n) is 1.93. The molecule has 0 aromatic carbocycles. The standard InChI is InChI=1S/C14H13F3N2O2S/c1-2-5-13(20)7-9(6-10(8-18)12(19)22)3-4-11(13)21-14(15,16)17/h2-4,6,20H,1,5,7H2,(H2,19,22). The Balaban J connectivity index is 3.20. The average molecular weight is 330 g/mol. The van der Waals surface area contributed by atoms with Gasteiger partial charge in [-0.2, -0.15) is 5.26 Å². The van der Waals surface area contributed by atoms with Crippen molar-refractivity contribution in [1.82, 2.24) is 0 Å². The third-order valence-electron chi connectivity index (χ3n) is 2.83. The van der Waals surface area contributed by atoms with E-state index in [-0.39, 0.29) is 23.4 Å². The maximum absolute atomic E-state index is 12.4. The number of ether oxygens (including phenoxy) is 1. The highest BCUT2D eigenvalue weighted by molar-refractivity contribution is 7.80. The van der Waals surface area contributed by atoms with Crippen molar-refractivity contribution in [3.05, 3.63) is 47.8 Å². The monoisotopic (exact) mass is 330 g/mol. The van der Waals surface area contributed by atoms with E-state index in [2.05, 4.69) is 23.5 Å². The Bertz CT molecular complexity index is 615. The van der Waals surface area contributed by atoms with Gasteiger partial charge in [-0.3, -0.25) is 0 Å². The third-order valence-corrected chi connectivity index (χ3v) is 3.05. The number of hydrogen-bond acceptors (Lipinski definition) is 4. The molecule has 0 aromatic heterocycles. The number of alkyl halides is 3. The number of nitrogens with two attached hydrogens (primary N) is 1. The van der Waals surface area contributed by atoms with Gasteiger partial charge in [-0.25, -0.2) is 0 Å². The lowest BCUT2D eigenvalue weighted by atomic mass is 9.84. The van der Waals surface area contributed by atoms with E-state index in [0.717, 1.165) is 6.08 Å². The van der Waals surface area contributed by atoms with Gasteiger partial charge in [-0.05, 0) is 17.7 Å². The van der Waals surface area contributed by atoms with Crippen molar-refractivity contribution in [2.24, 2.45) is 5.73 Å². The summed E-state index contributed by atoms with van der Waals surface area (Å²) in [7, 11) is 0. The van der Waals surface area contributed by atoms with E-state index in [4.69, 9.17) is 11.0 Å². The second-order valence-corrected chi connectivity index (χ2v) is 5.00. The van der Waals surface area contributed by atoms with Crippen LogP contribution in [-0.4, -0.2) is 22.1 Å². The number of aliphatic hydroxyl groups is 1. The molecule has 1 aliphatic carbocycles. The summed E-state index contributed by atoms with van der Waals surface area (Å²) >= 11 is 4.68. The van der Waals surface area contributed by atoms with Crippen LogP contribution in [0, 0.1) is 11.3 Å². The molecular weight excluding hydrogens is 317 g/mol. The number of halogens is 3. The molecule has 0 spiro atoms. The predicted octanol–water partition coefficient (Wildman–Crippen LogP) is 2.78. The van der Waals surface area contributed by atoms with Crippen molar-refractivity contribution in [1.29, 1.82) is 5.26 Å². The van der Waals surface area contributed by atoms with Gasteiger partial charge in [0, 0.05) is 12.8 Å². The van der Waals surface area contributed by atoms with Crippen LogP contribution in [0.25, 0.3) is 0 Å². The lowest BCUT2D eigenvalue weighted by Crippen LogP contribution is -2.36. The van der Waals surface area contributed by atoms with Crippen molar-refractivity contribution in [3.8, 4) is 6.07 Å². The normalized spacial score (nSPS) is 22.2. The first-order chi connectivity index (χ1) is 10.1. The summed E-state index contributed by atoms with van der Waals surface area (Å²) in [6, 6.07) is 1.78. The van der Waals surface area contributed by atoms with Gasteiger partial charge in [0.15, 0.2) is 0 Å². The highest BCUT2D eigenvalue weighted by Gasteiger charge is 2.42. The Morgan fingerprint density at radius 3 is 2.68 bits per heavy atom. The first kappa shape index (κ1) is 17.9. The van der Waals surface area contributed by atoms with Crippen molar-refractivity contribution >= 4 is 17.2 Å². The molecular formula is C14H13F3N2O2S. The zero-order valence-electron chi connectivity index (χ0n) is 11.4.